The molecule has 0 unspecified atom stereocenters. The highest BCUT2D eigenvalue weighted by molar-refractivity contribution is 6.34. The van der Waals surface area contributed by atoms with Crippen molar-refractivity contribution >= 4 is 28.9 Å². The van der Waals surface area contributed by atoms with Crippen molar-refractivity contribution in [3.05, 3.63) is 32.8 Å². The van der Waals surface area contributed by atoms with E-state index in [2.05, 4.69) is 0 Å². The standard InChI is InChI=1S/C11H14ClN3O4/c1-2-14(3-4-16)11(17)7-5-8(12)10(13)9(6-7)15(18)19/h5-6,16H,2-4,13H2,1H3. The topological polar surface area (TPSA) is 110 Å². The zero-order chi connectivity index (χ0) is 14.6. The third-order valence-corrected chi connectivity index (χ3v) is 2.90. The summed E-state index contributed by atoms with van der Waals surface area (Å²) in [5.74, 6) is -0.443. The van der Waals surface area contributed by atoms with Gasteiger partial charge in [0.1, 0.15) is 5.69 Å². The van der Waals surface area contributed by atoms with Gasteiger partial charge in [0, 0.05) is 24.7 Å². The van der Waals surface area contributed by atoms with E-state index in [1.807, 2.05) is 0 Å². The number of nitrogen functional groups attached to an aromatic ring is 1. The van der Waals surface area contributed by atoms with Gasteiger partial charge in [-0.3, -0.25) is 14.9 Å². The minimum Gasteiger partial charge on any atom is -0.395 e. The summed E-state index contributed by atoms with van der Waals surface area (Å²) in [6, 6.07) is 2.37. The highest BCUT2D eigenvalue weighted by atomic mass is 35.5. The predicted octanol–water partition coefficient (Wildman–Crippen LogP) is 1.28. The number of halogens is 1. The molecule has 19 heavy (non-hydrogen) atoms. The van der Waals surface area contributed by atoms with Crippen LogP contribution in [-0.4, -0.2) is 40.5 Å². The Morgan fingerprint density at radius 1 is 1.58 bits per heavy atom. The van der Waals surface area contributed by atoms with Gasteiger partial charge >= 0.3 is 0 Å². The summed E-state index contributed by atoms with van der Waals surface area (Å²) < 4.78 is 0. The van der Waals surface area contributed by atoms with Crippen molar-refractivity contribution in [3.63, 3.8) is 0 Å². The molecule has 0 saturated heterocycles. The van der Waals surface area contributed by atoms with Gasteiger partial charge in [-0.25, -0.2) is 0 Å². The van der Waals surface area contributed by atoms with Crippen LogP contribution >= 0.6 is 11.6 Å². The highest BCUT2D eigenvalue weighted by Crippen LogP contribution is 2.31. The van der Waals surface area contributed by atoms with Gasteiger partial charge in [-0.05, 0) is 13.0 Å². The molecule has 1 aromatic carbocycles. The predicted molar refractivity (Wildman–Crippen MR) is 71.2 cm³/mol. The summed E-state index contributed by atoms with van der Waals surface area (Å²) in [5, 5.41) is 19.6. The van der Waals surface area contributed by atoms with E-state index in [4.69, 9.17) is 22.4 Å². The summed E-state index contributed by atoms with van der Waals surface area (Å²) in [6.07, 6.45) is 0. The van der Waals surface area contributed by atoms with E-state index in [1.54, 1.807) is 6.92 Å². The zero-order valence-electron chi connectivity index (χ0n) is 10.3. The molecule has 0 saturated carbocycles. The molecule has 0 aliphatic heterocycles. The van der Waals surface area contributed by atoms with Crippen molar-refractivity contribution < 1.29 is 14.8 Å². The number of carbonyl (C=O) groups excluding carboxylic acids is 1. The maximum Gasteiger partial charge on any atom is 0.294 e. The minimum absolute atomic E-state index is 0.0439. The summed E-state index contributed by atoms with van der Waals surface area (Å²) >= 11 is 5.78. The lowest BCUT2D eigenvalue weighted by molar-refractivity contribution is -0.383. The van der Waals surface area contributed by atoms with E-state index in [1.165, 1.54) is 11.0 Å². The summed E-state index contributed by atoms with van der Waals surface area (Å²) in [7, 11) is 0. The molecule has 1 rings (SSSR count). The van der Waals surface area contributed by atoms with Gasteiger partial charge in [-0.1, -0.05) is 11.6 Å². The van der Waals surface area contributed by atoms with E-state index in [-0.39, 0.29) is 29.4 Å². The second-order valence-corrected chi connectivity index (χ2v) is 4.16. The quantitative estimate of drug-likeness (QED) is 0.481. The molecule has 8 heteroatoms. The molecule has 0 aromatic heterocycles. The van der Waals surface area contributed by atoms with Crippen molar-refractivity contribution in [3.8, 4) is 0 Å². The number of nitro benzene ring substituents is 1. The molecule has 0 fully saturated rings. The van der Waals surface area contributed by atoms with Crippen LogP contribution in [0.4, 0.5) is 11.4 Å². The molecule has 0 heterocycles. The van der Waals surface area contributed by atoms with Crippen molar-refractivity contribution in [2.24, 2.45) is 0 Å². The van der Waals surface area contributed by atoms with Crippen molar-refractivity contribution in [2.45, 2.75) is 6.92 Å². The van der Waals surface area contributed by atoms with Crippen molar-refractivity contribution in [2.75, 3.05) is 25.4 Å². The first-order valence-electron chi connectivity index (χ1n) is 5.55. The van der Waals surface area contributed by atoms with Crippen LogP contribution in [-0.2, 0) is 0 Å². The van der Waals surface area contributed by atoms with Crippen LogP contribution in [0.2, 0.25) is 5.02 Å². The van der Waals surface area contributed by atoms with Crippen molar-refractivity contribution in [1.82, 2.24) is 4.90 Å². The fourth-order valence-corrected chi connectivity index (χ4v) is 1.80. The number of nitro groups is 1. The molecule has 104 valence electrons. The van der Waals surface area contributed by atoms with Crippen LogP contribution in [0.15, 0.2) is 12.1 Å². The first-order chi connectivity index (χ1) is 8.92. The van der Waals surface area contributed by atoms with Gasteiger partial charge < -0.3 is 15.7 Å². The zero-order valence-corrected chi connectivity index (χ0v) is 11.1. The van der Waals surface area contributed by atoms with Gasteiger partial charge in [0.2, 0.25) is 0 Å². The number of nitrogens with two attached hydrogens (primary N) is 1. The molecule has 7 nitrogen and oxygen atoms in total. The lowest BCUT2D eigenvalue weighted by Gasteiger charge is -2.19. The molecule has 0 atom stereocenters. The maximum atomic E-state index is 12.1. The molecule has 0 bridgehead atoms. The number of aliphatic hydroxyl groups excluding tert-OH is 1. The molecule has 0 radical (unpaired) electrons. The van der Waals surface area contributed by atoms with Gasteiger partial charge in [0.15, 0.2) is 0 Å². The SMILES string of the molecule is CCN(CCO)C(=O)c1cc(Cl)c(N)c([N+](=O)[O-])c1. The fourth-order valence-electron chi connectivity index (χ4n) is 1.58. The van der Waals surface area contributed by atoms with Gasteiger partial charge in [-0.15, -0.1) is 0 Å². The average Bonchev–Trinajstić information content (AvgIpc) is 2.37. The number of rotatable bonds is 5. The average molecular weight is 288 g/mol. The molecule has 0 spiro atoms. The number of aliphatic hydroxyl groups is 1. The number of nitrogens with zero attached hydrogens (tertiary/aromatic N) is 2. The van der Waals surface area contributed by atoms with Crippen LogP contribution in [0.1, 0.15) is 17.3 Å². The molecule has 0 aliphatic carbocycles. The first kappa shape index (κ1) is 15.2. The lowest BCUT2D eigenvalue weighted by atomic mass is 10.1. The van der Waals surface area contributed by atoms with Crippen LogP contribution in [0.3, 0.4) is 0 Å². The van der Waals surface area contributed by atoms with E-state index >= 15 is 0 Å². The number of anilines is 1. The Kier molecular flexibility index (Phi) is 5.08. The maximum absolute atomic E-state index is 12.1. The number of hydrogen-bond donors (Lipinski definition) is 2. The van der Waals surface area contributed by atoms with Crippen LogP contribution < -0.4 is 5.73 Å². The highest BCUT2D eigenvalue weighted by Gasteiger charge is 2.21. The van der Waals surface area contributed by atoms with Crippen LogP contribution in [0, 0.1) is 10.1 Å². The second kappa shape index (κ2) is 6.35. The summed E-state index contributed by atoms with van der Waals surface area (Å²) in [6.45, 7) is 2.06. The van der Waals surface area contributed by atoms with Crippen LogP contribution in [0.25, 0.3) is 0 Å². The third kappa shape index (κ3) is 3.33. The summed E-state index contributed by atoms with van der Waals surface area (Å²) in [5.41, 5.74) is 4.97. The van der Waals surface area contributed by atoms with Gasteiger partial charge in [0.25, 0.3) is 11.6 Å². The monoisotopic (exact) mass is 287 g/mol. The first-order valence-corrected chi connectivity index (χ1v) is 5.93. The largest absolute Gasteiger partial charge is 0.395 e. The Labute approximate surface area is 114 Å². The number of hydrogen-bond acceptors (Lipinski definition) is 5. The number of carbonyl (C=O) groups is 1. The Balaban J connectivity index is 3.20. The van der Waals surface area contributed by atoms with E-state index in [9.17, 15) is 14.9 Å². The molecule has 3 N–H and O–H groups in total. The van der Waals surface area contributed by atoms with E-state index in [0.717, 1.165) is 6.07 Å². The Bertz CT molecular complexity index is 507. The Hall–Kier alpha value is -1.86. The summed E-state index contributed by atoms with van der Waals surface area (Å²) in [4.78, 5) is 23.6. The van der Waals surface area contributed by atoms with Gasteiger partial charge in [-0.2, -0.15) is 0 Å². The smallest absolute Gasteiger partial charge is 0.294 e. The molecule has 1 amide bonds. The second-order valence-electron chi connectivity index (χ2n) is 3.76. The molecular weight excluding hydrogens is 274 g/mol. The third-order valence-electron chi connectivity index (χ3n) is 2.59. The molecule has 1 aromatic rings. The van der Waals surface area contributed by atoms with Crippen molar-refractivity contribution in [1.29, 1.82) is 0 Å². The molecule has 0 aliphatic rings. The Morgan fingerprint density at radius 2 is 2.21 bits per heavy atom. The number of amides is 1. The number of likely N-dealkylation sites (N-methyl/N-ethyl adjacent to an activating group) is 1. The van der Waals surface area contributed by atoms with E-state index < -0.39 is 16.5 Å². The van der Waals surface area contributed by atoms with Crippen LogP contribution in [0.5, 0.6) is 0 Å². The fraction of sp³-hybridized carbons (Fsp3) is 0.364. The number of benzene rings is 1. The lowest BCUT2D eigenvalue weighted by Crippen LogP contribution is -2.33. The van der Waals surface area contributed by atoms with Gasteiger partial charge in [0.05, 0.1) is 16.6 Å². The minimum atomic E-state index is -0.694. The normalized spacial score (nSPS) is 10.3. The van der Waals surface area contributed by atoms with E-state index in [0.29, 0.717) is 6.54 Å². The Morgan fingerprint density at radius 3 is 2.68 bits per heavy atom. The molecular formula is C11H14ClN3O4.